The molecule has 1 heterocycles. The first-order chi connectivity index (χ1) is 8.31. The second-order valence-corrected chi connectivity index (χ2v) is 3.57. The summed E-state index contributed by atoms with van der Waals surface area (Å²) in [5.41, 5.74) is 6.96. The minimum Gasteiger partial charge on any atom is -0.374 e. The first kappa shape index (κ1) is 11.8. The van der Waals surface area contributed by atoms with E-state index in [-0.39, 0.29) is 6.04 Å². The molecule has 1 unspecified atom stereocenters. The van der Waals surface area contributed by atoms with E-state index in [1.165, 1.54) is 0 Å². The average Bonchev–Trinajstić information content (AvgIpc) is 2.85. The molecule has 0 saturated heterocycles. The van der Waals surface area contributed by atoms with Crippen molar-refractivity contribution in [2.75, 3.05) is 6.61 Å². The molecule has 5 nitrogen and oxygen atoms in total. The standard InChI is InChI=1S/C12H15N3O2/c1-2-16-8-10-14-12(17-15-10)11(13)9-6-4-3-5-7-9/h3-7,11H,2,8,13H2,1H3. The van der Waals surface area contributed by atoms with E-state index in [2.05, 4.69) is 10.1 Å². The van der Waals surface area contributed by atoms with Crippen LogP contribution < -0.4 is 5.73 Å². The summed E-state index contributed by atoms with van der Waals surface area (Å²) in [4.78, 5) is 4.20. The van der Waals surface area contributed by atoms with Gasteiger partial charge in [-0.2, -0.15) is 4.98 Å². The highest BCUT2D eigenvalue weighted by molar-refractivity contribution is 5.22. The molecule has 0 fully saturated rings. The minimum absolute atomic E-state index is 0.349. The molecule has 90 valence electrons. The summed E-state index contributed by atoms with van der Waals surface area (Å²) in [6.45, 7) is 2.88. The number of nitrogens with zero attached hydrogens (tertiary/aromatic N) is 2. The van der Waals surface area contributed by atoms with Crippen LogP contribution in [0, 0.1) is 0 Å². The van der Waals surface area contributed by atoms with E-state index in [4.69, 9.17) is 15.0 Å². The van der Waals surface area contributed by atoms with Gasteiger partial charge < -0.3 is 15.0 Å². The smallest absolute Gasteiger partial charge is 0.248 e. The summed E-state index contributed by atoms with van der Waals surface area (Å²) in [5, 5.41) is 3.81. The van der Waals surface area contributed by atoms with Crippen LogP contribution in [0.4, 0.5) is 0 Å². The Morgan fingerprint density at radius 3 is 2.82 bits per heavy atom. The normalized spacial score (nSPS) is 12.6. The fourth-order valence-corrected chi connectivity index (χ4v) is 1.45. The molecule has 0 bridgehead atoms. The molecular weight excluding hydrogens is 218 g/mol. The molecule has 5 heteroatoms. The van der Waals surface area contributed by atoms with E-state index in [1.54, 1.807) is 0 Å². The Morgan fingerprint density at radius 2 is 2.12 bits per heavy atom. The summed E-state index contributed by atoms with van der Waals surface area (Å²) in [6.07, 6.45) is 0. The number of hydrogen-bond donors (Lipinski definition) is 1. The molecule has 0 saturated carbocycles. The summed E-state index contributed by atoms with van der Waals surface area (Å²) in [5.74, 6) is 0.930. The highest BCUT2D eigenvalue weighted by Gasteiger charge is 2.16. The summed E-state index contributed by atoms with van der Waals surface area (Å²) < 4.78 is 10.3. The second-order valence-electron chi connectivity index (χ2n) is 3.57. The lowest BCUT2D eigenvalue weighted by atomic mass is 10.1. The van der Waals surface area contributed by atoms with Crippen molar-refractivity contribution in [1.82, 2.24) is 10.1 Å². The van der Waals surface area contributed by atoms with Crippen molar-refractivity contribution in [2.24, 2.45) is 5.73 Å². The molecule has 17 heavy (non-hydrogen) atoms. The SMILES string of the molecule is CCOCc1noc(C(N)c2ccccc2)n1. The van der Waals surface area contributed by atoms with Gasteiger partial charge in [0.1, 0.15) is 12.6 Å². The Hall–Kier alpha value is -1.72. The number of hydrogen-bond acceptors (Lipinski definition) is 5. The van der Waals surface area contributed by atoms with E-state index in [0.717, 1.165) is 5.56 Å². The maximum absolute atomic E-state index is 6.02. The van der Waals surface area contributed by atoms with Gasteiger partial charge in [-0.3, -0.25) is 0 Å². The predicted molar refractivity (Wildman–Crippen MR) is 62.1 cm³/mol. The molecule has 1 aromatic carbocycles. The van der Waals surface area contributed by atoms with Gasteiger partial charge in [-0.25, -0.2) is 0 Å². The molecule has 2 rings (SSSR count). The van der Waals surface area contributed by atoms with Gasteiger partial charge in [0.2, 0.25) is 5.89 Å². The first-order valence-electron chi connectivity index (χ1n) is 5.52. The van der Waals surface area contributed by atoms with E-state index in [1.807, 2.05) is 37.3 Å². The van der Waals surface area contributed by atoms with Gasteiger partial charge in [-0.05, 0) is 12.5 Å². The molecular formula is C12H15N3O2. The van der Waals surface area contributed by atoms with Gasteiger partial charge in [0.15, 0.2) is 5.82 Å². The predicted octanol–water partition coefficient (Wildman–Crippen LogP) is 1.65. The molecule has 0 aliphatic carbocycles. The van der Waals surface area contributed by atoms with Crippen LogP contribution in [-0.2, 0) is 11.3 Å². The van der Waals surface area contributed by atoms with Crippen molar-refractivity contribution >= 4 is 0 Å². The third-order valence-electron chi connectivity index (χ3n) is 2.34. The Kier molecular flexibility index (Phi) is 3.85. The maximum atomic E-state index is 6.02. The number of nitrogens with two attached hydrogens (primary N) is 1. The quantitative estimate of drug-likeness (QED) is 0.850. The summed E-state index contributed by atoms with van der Waals surface area (Å²) in [6, 6.07) is 9.25. The molecule has 0 radical (unpaired) electrons. The van der Waals surface area contributed by atoms with Crippen molar-refractivity contribution in [2.45, 2.75) is 19.6 Å². The van der Waals surface area contributed by atoms with E-state index in [9.17, 15) is 0 Å². The maximum Gasteiger partial charge on any atom is 0.248 e. The van der Waals surface area contributed by atoms with Gasteiger partial charge in [0.25, 0.3) is 0 Å². The average molecular weight is 233 g/mol. The molecule has 0 amide bonds. The fraction of sp³-hybridized carbons (Fsp3) is 0.333. The lowest BCUT2D eigenvalue weighted by Crippen LogP contribution is -2.12. The molecule has 0 aliphatic heterocycles. The van der Waals surface area contributed by atoms with Crippen LogP contribution in [-0.4, -0.2) is 16.7 Å². The van der Waals surface area contributed by atoms with Gasteiger partial charge in [0, 0.05) is 6.61 Å². The van der Waals surface area contributed by atoms with Gasteiger partial charge >= 0.3 is 0 Å². The topological polar surface area (TPSA) is 74.2 Å². The lowest BCUT2D eigenvalue weighted by Gasteiger charge is -2.05. The zero-order valence-corrected chi connectivity index (χ0v) is 9.67. The Labute approximate surface area is 99.6 Å². The highest BCUT2D eigenvalue weighted by Crippen LogP contribution is 2.17. The van der Waals surface area contributed by atoms with Crippen molar-refractivity contribution < 1.29 is 9.26 Å². The van der Waals surface area contributed by atoms with Crippen LogP contribution in [0.25, 0.3) is 0 Å². The number of rotatable bonds is 5. The second kappa shape index (κ2) is 5.56. The third kappa shape index (κ3) is 2.89. The van der Waals surface area contributed by atoms with Gasteiger partial charge in [0.05, 0.1) is 0 Å². The Morgan fingerprint density at radius 1 is 1.35 bits per heavy atom. The van der Waals surface area contributed by atoms with Crippen molar-refractivity contribution in [3.63, 3.8) is 0 Å². The molecule has 2 N–H and O–H groups in total. The summed E-state index contributed by atoms with van der Waals surface area (Å²) >= 11 is 0. The Balaban J connectivity index is 2.09. The van der Waals surface area contributed by atoms with Crippen LogP contribution in [0.1, 0.15) is 30.2 Å². The zero-order chi connectivity index (χ0) is 12.1. The molecule has 2 aromatic rings. The fourth-order valence-electron chi connectivity index (χ4n) is 1.45. The number of benzene rings is 1. The van der Waals surface area contributed by atoms with E-state index >= 15 is 0 Å². The third-order valence-corrected chi connectivity index (χ3v) is 2.34. The van der Waals surface area contributed by atoms with Gasteiger partial charge in [-0.15, -0.1) is 0 Å². The van der Waals surface area contributed by atoms with Crippen LogP contribution in [0.5, 0.6) is 0 Å². The Bertz CT molecular complexity index is 456. The zero-order valence-electron chi connectivity index (χ0n) is 9.67. The van der Waals surface area contributed by atoms with Crippen LogP contribution in [0.15, 0.2) is 34.9 Å². The van der Waals surface area contributed by atoms with Gasteiger partial charge in [-0.1, -0.05) is 35.5 Å². The highest BCUT2D eigenvalue weighted by atomic mass is 16.5. The number of aromatic nitrogens is 2. The lowest BCUT2D eigenvalue weighted by molar-refractivity contribution is 0.126. The molecule has 0 spiro atoms. The van der Waals surface area contributed by atoms with E-state index < -0.39 is 0 Å². The van der Waals surface area contributed by atoms with Crippen molar-refractivity contribution in [3.8, 4) is 0 Å². The van der Waals surface area contributed by atoms with Crippen molar-refractivity contribution in [3.05, 3.63) is 47.6 Å². The molecule has 1 aromatic heterocycles. The molecule has 1 atom stereocenters. The largest absolute Gasteiger partial charge is 0.374 e. The summed E-state index contributed by atoms with van der Waals surface area (Å²) in [7, 11) is 0. The minimum atomic E-state index is -0.390. The number of ether oxygens (including phenoxy) is 1. The van der Waals surface area contributed by atoms with Crippen LogP contribution >= 0.6 is 0 Å². The first-order valence-corrected chi connectivity index (χ1v) is 5.52. The van der Waals surface area contributed by atoms with Crippen molar-refractivity contribution in [1.29, 1.82) is 0 Å². The van der Waals surface area contributed by atoms with E-state index in [0.29, 0.717) is 24.9 Å². The van der Waals surface area contributed by atoms with Crippen LogP contribution in [0.3, 0.4) is 0 Å². The van der Waals surface area contributed by atoms with Crippen LogP contribution in [0.2, 0.25) is 0 Å². The molecule has 0 aliphatic rings. The monoisotopic (exact) mass is 233 g/mol.